The van der Waals surface area contributed by atoms with Crippen molar-refractivity contribution in [2.75, 3.05) is 25.4 Å². The van der Waals surface area contributed by atoms with E-state index in [-0.39, 0.29) is 0 Å². The first-order valence-corrected chi connectivity index (χ1v) is 9.76. The zero-order valence-corrected chi connectivity index (χ0v) is 14.2. The van der Waals surface area contributed by atoms with Crippen molar-refractivity contribution in [2.45, 2.75) is 81.5 Å². The summed E-state index contributed by atoms with van der Waals surface area (Å²) in [5.74, 6) is 1.38. The molecule has 0 aromatic rings. The van der Waals surface area contributed by atoms with Crippen molar-refractivity contribution >= 4 is 11.8 Å². The molecule has 0 aromatic heterocycles. The third kappa shape index (κ3) is 3.20. The third-order valence-electron chi connectivity index (χ3n) is 5.85. The zero-order valence-electron chi connectivity index (χ0n) is 13.4. The Bertz CT molecular complexity index is 319. The van der Waals surface area contributed by atoms with E-state index in [1.54, 1.807) is 0 Å². The van der Waals surface area contributed by atoms with Crippen molar-refractivity contribution in [1.82, 2.24) is 10.2 Å². The molecule has 0 aromatic carbocycles. The lowest BCUT2D eigenvalue weighted by Gasteiger charge is -2.51. The largest absolute Gasteiger partial charge is 0.308 e. The second-order valence-corrected chi connectivity index (χ2v) is 9.27. The van der Waals surface area contributed by atoms with Crippen molar-refractivity contribution < 1.29 is 0 Å². The van der Waals surface area contributed by atoms with Crippen LogP contribution >= 0.6 is 11.8 Å². The molecule has 1 N–H and O–H groups in total. The van der Waals surface area contributed by atoms with Gasteiger partial charge >= 0.3 is 0 Å². The Morgan fingerprint density at radius 3 is 2.60 bits per heavy atom. The number of nitrogens with one attached hydrogen (secondary N) is 1. The molecule has 3 fully saturated rings. The molecule has 0 bridgehead atoms. The Labute approximate surface area is 129 Å². The number of hydrogen-bond acceptors (Lipinski definition) is 3. The zero-order chi connectivity index (χ0) is 14.1. The Morgan fingerprint density at radius 2 is 1.95 bits per heavy atom. The minimum Gasteiger partial charge on any atom is -0.308 e. The minimum absolute atomic E-state index is 0.462. The Kier molecular flexibility index (Phi) is 4.69. The van der Waals surface area contributed by atoms with E-state index in [2.05, 4.69) is 35.8 Å². The first-order valence-electron chi connectivity index (χ1n) is 8.78. The maximum absolute atomic E-state index is 3.95. The molecule has 0 radical (unpaired) electrons. The molecule has 2 unspecified atom stereocenters. The molecule has 2 saturated heterocycles. The van der Waals surface area contributed by atoms with Crippen LogP contribution < -0.4 is 5.32 Å². The van der Waals surface area contributed by atoms with E-state index in [0.717, 1.165) is 6.04 Å². The number of hydrogen-bond donors (Lipinski definition) is 1. The number of piperazine rings is 1. The van der Waals surface area contributed by atoms with Crippen molar-refractivity contribution in [3.8, 4) is 0 Å². The predicted octanol–water partition coefficient (Wildman–Crippen LogP) is 3.66. The molecule has 3 heteroatoms. The summed E-state index contributed by atoms with van der Waals surface area (Å²) >= 11 is 2.22. The van der Waals surface area contributed by atoms with E-state index in [4.69, 9.17) is 0 Å². The molecular weight excluding hydrogens is 264 g/mol. The summed E-state index contributed by atoms with van der Waals surface area (Å²) in [5, 5.41) is 3.95. The molecule has 1 spiro atoms. The summed E-state index contributed by atoms with van der Waals surface area (Å²) in [4.78, 5) is 2.86. The molecule has 2 heterocycles. The van der Waals surface area contributed by atoms with Crippen LogP contribution in [0, 0.1) is 0 Å². The maximum atomic E-state index is 3.95. The van der Waals surface area contributed by atoms with E-state index in [9.17, 15) is 0 Å². The van der Waals surface area contributed by atoms with E-state index in [1.807, 2.05) is 0 Å². The average molecular weight is 297 g/mol. The Balaban J connectivity index is 1.68. The van der Waals surface area contributed by atoms with Crippen LogP contribution in [0.3, 0.4) is 0 Å². The van der Waals surface area contributed by atoms with Gasteiger partial charge in [-0.15, -0.1) is 0 Å². The summed E-state index contributed by atoms with van der Waals surface area (Å²) in [5.41, 5.74) is 0.462. The lowest BCUT2D eigenvalue weighted by molar-refractivity contribution is 0.0479. The fourth-order valence-electron chi connectivity index (χ4n) is 4.58. The summed E-state index contributed by atoms with van der Waals surface area (Å²) < 4.78 is 0.528. The van der Waals surface area contributed by atoms with Crippen LogP contribution in [0.1, 0.15) is 65.2 Å². The van der Waals surface area contributed by atoms with E-state index >= 15 is 0 Å². The first-order chi connectivity index (χ1) is 9.65. The first kappa shape index (κ1) is 15.2. The monoisotopic (exact) mass is 296 g/mol. The molecule has 1 aliphatic carbocycles. The highest BCUT2D eigenvalue weighted by atomic mass is 32.2. The summed E-state index contributed by atoms with van der Waals surface area (Å²) in [7, 11) is 0. The van der Waals surface area contributed by atoms with Crippen molar-refractivity contribution in [1.29, 1.82) is 0 Å². The fraction of sp³-hybridized carbons (Fsp3) is 1.00. The molecule has 20 heavy (non-hydrogen) atoms. The molecule has 2 aliphatic heterocycles. The SMILES string of the molecule is CCC1CNC2(CCCCC2)CN1CC1(C)CCCS1. The highest BCUT2D eigenvalue weighted by Crippen LogP contribution is 2.40. The van der Waals surface area contributed by atoms with Crippen molar-refractivity contribution in [3.05, 3.63) is 0 Å². The van der Waals surface area contributed by atoms with Gasteiger partial charge in [0.15, 0.2) is 0 Å². The lowest BCUT2D eigenvalue weighted by Crippen LogP contribution is -2.65. The maximum Gasteiger partial charge on any atom is 0.0309 e. The number of nitrogens with zero attached hydrogens (tertiary/aromatic N) is 1. The van der Waals surface area contributed by atoms with Crippen LogP contribution in [0.2, 0.25) is 0 Å². The van der Waals surface area contributed by atoms with Gasteiger partial charge in [-0.25, -0.2) is 0 Å². The third-order valence-corrected chi connectivity index (χ3v) is 7.38. The van der Waals surface area contributed by atoms with Gasteiger partial charge in [0.1, 0.15) is 0 Å². The lowest BCUT2D eigenvalue weighted by atomic mass is 9.79. The summed E-state index contributed by atoms with van der Waals surface area (Å²) in [6.07, 6.45) is 11.3. The molecule has 3 rings (SSSR count). The van der Waals surface area contributed by atoms with Gasteiger partial charge in [-0.2, -0.15) is 11.8 Å². The van der Waals surface area contributed by atoms with Gasteiger partial charge in [0.05, 0.1) is 0 Å². The topological polar surface area (TPSA) is 15.3 Å². The Morgan fingerprint density at radius 1 is 1.15 bits per heavy atom. The van der Waals surface area contributed by atoms with Crippen molar-refractivity contribution in [3.63, 3.8) is 0 Å². The van der Waals surface area contributed by atoms with Gasteiger partial charge < -0.3 is 5.32 Å². The van der Waals surface area contributed by atoms with Crippen LogP contribution in [0.5, 0.6) is 0 Å². The van der Waals surface area contributed by atoms with E-state index in [0.29, 0.717) is 10.3 Å². The Hall–Kier alpha value is 0.270. The fourth-order valence-corrected chi connectivity index (χ4v) is 5.91. The second kappa shape index (κ2) is 6.18. The van der Waals surface area contributed by atoms with Gasteiger partial charge in [0.25, 0.3) is 0 Å². The molecule has 1 saturated carbocycles. The summed E-state index contributed by atoms with van der Waals surface area (Å²) in [6.45, 7) is 8.72. The minimum atomic E-state index is 0.462. The summed E-state index contributed by atoms with van der Waals surface area (Å²) in [6, 6.07) is 0.764. The average Bonchev–Trinajstić information content (AvgIpc) is 2.86. The number of thioether (sulfide) groups is 1. The van der Waals surface area contributed by atoms with Crippen LogP contribution in [-0.2, 0) is 0 Å². The second-order valence-electron chi connectivity index (χ2n) is 7.59. The van der Waals surface area contributed by atoms with Crippen LogP contribution in [-0.4, -0.2) is 46.6 Å². The molecular formula is C17H32N2S. The molecule has 2 nitrogen and oxygen atoms in total. The number of rotatable bonds is 3. The molecule has 0 amide bonds. The normalized spacial score (nSPS) is 38.4. The molecule has 116 valence electrons. The molecule has 3 aliphatic rings. The predicted molar refractivity (Wildman–Crippen MR) is 89.6 cm³/mol. The smallest absolute Gasteiger partial charge is 0.0309 e. The van der Waals surface area contributed by atoms with Gasteiger partial charge in [0.2, 0.25) is 0 Å². The van der Waals surface area contributed by atoms with Gasteiger partial charge in [-0.05, 0) is 44.8 Å². The standard InChI is InChI=1S/C17H32N2S/c1-3-15-12-18-17(9-5-4-6-10-17)14-19(15)13-16(2)8-7-11-20-16/h15,18H,3-14H2,1-2H3. The molecule has 2 atom stereocenters. The van der Waals surface area contributed by atoms with E-state index < -0.39 is 0 Å². The highest BCUT2D eigenvalue weighted by Gasteiger charge is 2.42. The van der Waals surface area contributed by atoms with Crippen molar-refractivity contribution in [2.24, 2.45) is 0 Å². The van der Waals surface area contributed by atoms with Gasteiger partial charge in [0, 0.05) is 36.0 Å². The van der Waals surface area contributed by atoms with Gasteiger partial charge in [-0.3, -0.25) is 4.90 Å². The highest BCUT2D eigenvalue weighted by molar-refractivity contribution is 8.00. The van der Waals surface area contributed by atoms with Crippen LogP contribution in [0.15, 0.2) is 0 Å². The quantitative estimate of drug-likeness (QED) is 0.855. The van der Waals surface area contributed by atoms with Crippen LogP contribution in [0.25, 0.3) is 0 Å². The van der Waals surface area contributed by atoms with Gasteiger partial charge in [-0.1, -0.05) is 26.2 Å². The van der Waals surface area contributed by atoms with E-state index in [1.165, 1.54) is 76.8 Å². The van der Waals surface area contributed by atoms with Crippen LogP contribution in [0.4, 0.5) is 0 Å².